The van der Waals surface area contributed by atoms with E-state index in [1.165, 1.54) is 0 Å². The summed E-state index contributed by atoms with van der Waals surface area (Å²) in [6, 6.07) is -0.728. The van der Waals surface area contributed by atoms with E-state index in [-0.39, 0.29) is 23.8 Å². The zero-order valence-corrected chi connectivity index (χ0v) is 12.0. The molecule has 0 saturated carbocycles. The second-order valence-electron chi connectivity index (χ2n) is 5.97. The predicted octanol–water partition coefficient (Wildman–Crippen LogP) is 0.784. The minimum absolute atomic E-state index is 0.0234. The molecule has 0 spiro atoms. The maximum Gasteiger partial charge on any atom is 0.245 e. The molecule has 0 aromatic heterocycles. The minimum Gasteiger partial charge on any atom is -0.381 e. The van der Waals surface area contributed by atoms with E-state index in [0.717, 1.165) is 26.1 Å². The van der Waals surface area contributed by atoms with E-state index in [0.29, 0.717) is 12.5 Å². The van der Waals surface area contributed by atoms with Gasteiger partial charge in [-0.25, -0.2) is 0 Å². The number of carbonyl (C=O) groups is 2. The van der Waals surface area contributed by atoms with Crippen molar-refractivity contribution >= 4 is 11.8 Å². The van der Waals surface area contributed by atoms with Crippen LogP contribution in [0.1, 0.15) is 33.6 Å². The van der Waals surface area contributed by atoms with Crippen molar-refractivity contribution in [1.29, 1.82) is 0 Å². The molecule has 5 nitrogen and oxygen atoms in total. The van der Waals surface area contributed by atoms with Gasteiger partial charge in [-0.05, 0) is 31.6 Å². The molecule has 2 aliphatic rings. The quantitative estimate of drug-likeness (QED) is 0.820. The first-order valence-corrected chi connectivity index (χ1v) is 7.19. The van der Waals surface area contributed by atoms with E-state index < -0.39 is 6.04 Å². The van der Waals surface area contributed by atoms with Gasteiger partial charge < -0.3 is 15.0 Å². The number of carbonyl (C=O) groups excluding carboxylic acids is 2. The zero-order chi connectivity index (χ0) is 14.0. The van der Waals surface area contributed by atoms with E-state index in [1.807, 2.05) is 13.8 Å². The lowest BCUT2D eigenvalue weighted by atomic mass is 9.96. The largest absolute Gasteiger partial charge is 0.381 e. The van der Waals surface area contributed by atoms with Gasteiger partial charge in [0.1, 0.15) is 12.1 Å². The molecule has 2 saturated heterocycles. The lowest BCUT2D eigenvalue weighted by Gasteiger charge is -2.40. The first-order chi connectivity index (χ1) is 9.00. The molecule has 0 aromatic carbocycles. The van der Waals surface area contributed by atoms with E-state index in [9.17, 15) is 9.59 Å². The van der Waals surface area contributed by atoms with Crippen molar-refractivity contribution in [3.63, 3.8) is 0 Å². The molecule has 19 heavy (non-hydrogen) atoms. The van der Waals surface area contributed by atoms with Crippen LogP contribution in [0.3, 0.4) is 0 Å². The number of rotatable bonds is 4. The Kier molecular flexibility index (Phi) is 4.45. The van der Waals surface area contributed by atoms with Crippen LogP contribution in [-0.4, -0.2) is 48.6 Å². The van der Waals surface area contributed by atoms with E-state index in [1.54, 1.807) is 11.8 Å². The Morgan fingerprint density at radius 1 is 1.42 bits per heavy atom. The zero-order valence-electron chi connectivity index (χ0n) is 12.0. The molecule has 2 heterocycles. The maximum atomic E-state index is 12.3. The summed E-state index contributed by atoms with van der Waals surface area (Å²) in [6.45, 7) is 7.99. The van der Waals surface area contributed by atoms with E-state index in [4.69, 9.17) is 4.74 Å². The Balaban J connectivity index is 2.02. The molecule has 2 amide bonds. The summed E-state index contributed by atoms with van der Waals surface area (Å²) < 4.78 is 5.36. The SMILES string of the molecule is CC1NC(=O)C(C(C)C)N(CCC2CCOC2)C1=O. The number of nitrogens with one attached hydrogen (secondary N) is 1. The van der Waals surface area contributed by atoms with Gasteiger partial charge in [0.2, 0.25) is 11.8 Å². The highest BCUT2D eigenvalue weighted by Crippen LogP contribution is 2.21. The van der Waals surface area contributed by atoms with Crippen molar-refractivity contribution in [2.75, 3.05) is 19.8 Å². The van der Waals surface area contributed by atoms with Gasteiger partial charge in [-0.2, -0.15) is 0 Å². The average Bonchev–Trinajstić information content (AvgIpc) is 2.84. The second kappa shape index (κ2) is 5.90. The maximum absolute atomic E-state index is 12.3. The summed E-state index contributed by atoms with van der Waals surface area (Å²) in [4.78, 5) is 26.1. The number of ether oxygens (including phenoxy) is 1. The van der Waals surface area contributed by atoms with Crippen LogP contribution in [0.25, 0.3) is 0 Å². The highest BCUT2D eigenvalue weighted by Gasteiger charge is 2.40. The molecule has 3 unspecified atom stereocenters. The van der Waals surface area contributed by atoms with Crippen LogP contribution in [-0.2, 0) is 14.3 Å². The molecule has 0 bridgehead atoms. The van der Waals surface area contributed by atoms with Crippen LogP contribution in [0.4, 0.5) is 0 Å². The van der Waals surface area contributed by atoms with Gasteiger partial charge in [0.15, 0.2) is 0 Å². The Morgan fingerprint density at radius 3 is 2.74 bits per heavy atom. The molecule has 0 radical (unpaired) electrons. The van der Waals surface area contributed by atoms with Crippen molar-refractivity contribution in [3.8, 4) is 0 Å². The van der Waals surface area contributed by atoms with E-state index in [2.05, 4.69) is 5.32 Å². The standard InChI is InChI=1S/C14H24N2O3/c1-9(2)12-13(17)15-10(3)14(18)16(12)6-4-11-5-7-19-8-11/h9-12H,4-8H2,1-3H3,(H,15,17). The molecule has 1 N–H and O–H groups in total. The summed E-state index contributed by atoms with van der Waals surface area (Å²) in [7, 11) is 0. The van der Waals surface area contributed by atoms with Crippen molar-refractivity contribution in [3.05, 3.63) is 0 Å². The third-order valence-electron chi connectivity index (χ3n) is 4.05. The number of amides is 2. The number of hydrogen-bond acceptors (Lipinski definition) is 3. The van der Waals surface area contributed by atoms with Crippen molar-refractivity contribution in [1.82, 2.24) is 10.2 Å². The molecule has 5 heteroatoms. The highest BCUT2D eigenvalue weighted by molar-refractivity contribution is 5.96. The van der Waals surface area contributed by atoms with E-state index >= 15 is 0 Å². The van der Waals surface area contributed by atoms with Gasteiger partial charge in [0.25, 0.3) is 0 Å². The smallest absolute Gasteiger partial charge is 0.245 e. The lowest BCUT2D eigenvalue weighted by molar-refractivity contribution is -0.150. The topological polar surface area (TPSA) is 58.6 Å². The number of hydrogen-bond donors (Lipinski definition) is 1. The van der Waals surface area contributed by atoms with Crippen molar-refractivity contribution in [2.24, 2.45) is 11.8 Å². The van der Waals surface area contributed by atoms with Crippen LogP contribution in [0, 0.1) is 11.8 Å². The van der Waals surface area contributed by atoms with Gasteiger partial charge in [-0.1, -0.05) is 13.8 Å². The molecule has 2 aliphatic heterocycles. The number of piperazine rings is 1. The molecular weight excluding hydrogens is 244 g/mol. The lowest BCUT2D eigenvalue weighted by Crippen LogP contribution is -2.64. The van der Waals surface area contributed by atoms with Gasteiger partial charge in [-0.15, -0.1) is 0 Å². The van der Waals surface area contributed by atoms with Gasteiger partial charge in [0, 0.05) is 19.8 Å². The highest BCUT2D eigenvalue weighted by atomic mass is 16.5. The molecule has 2 rings (SSSR count). The Hall–Kier alpha value is -1.10. The summed E-state index contributed by atoms with van der Waals surface area (Å²) in [5.74, 6) is 0.680. The van der Waals surface area contributed by atoms with Gasteiger partial charge >= 0.3 is 0 Å². The molecule has 0 aliphatic carbocycles. The fourth-order valence-corrected chi connectivity index (χ4v) is 2.93. The molecule has 0 aromatic rings. The van der Waals surface area contributed by atoms with Crippen molar-refractivity contribution in [2.45, 2.75) is 45.7 Å². The van der Waals surface area contributed by atoms with Crippen LogP contribution in [0.15, 0.2) is 0 Å². The average molecular weight is 268 g/mol. The Morgan fingerprint density at radius 2 is 2.16 bits per heavy atom. The summed E-state index contributed by atoms with van der Waals surface area (Å²) in [5.41, 5.74) is 0. The summed E-state index contributed by atoms with van der Waals surface area (Å²) in [6.07, 6.45) is 1.99. The number of nitrogens with zero attached hydrogens (tertiary/aromatic N) is 1. The van der Waals surface area contributed by atoms with Gasteiger partial charge in [-0.3, -0.25) is 9.59 Å². The fraction of sp³-hybridized carbons (Fsp3) is 0.857. The molecule has 3 atom stereocenters. The monoisotopic (exact) mass is 268 g/mol. The first-order valence-electron chi connectivity index (χ1n) is 7.19. The predicted molar refractivity (Wildman–Crippen MR) is 71.5 cm³/mol. The minimum atomic E-state index is -0.401. The fourth-order valence-electron chi connectivity index (χ4n) is 2.93. The third-order valence-corrected chi connectivity index (χ3v) is 4.05. The summed E-state index contributed by atoms with van der Waals surface area (Å²) >= 11 is 0. The van der Waals surface area contributed by atoms with Gasteiger partial charge in [0.05, 0.1) is 0 Å². The molecule has 2 fully saturated rings. The summed E-state index contributed by atoms with van der Waals surface area (Å²) in [5, 5.41) is 2.76. The van der Waals surface area contributed by atoms with Crippen LogP contribution >= 0.6 is 0 Å². The third kappa shape index (κ3) is 3.08. The first kappa shape index (κ1) is 14.3. The van der Waals surface area contributed by atoms with Crippen LogP contribution < -0.4 is 5.32 Å². The Labute approximate surface area is 114 Å². The second-order valence-corrected chi connectivity index (χ2v) is 5.97. The van der Waals surface area contributed by atoms with Crippen molar-refractivity contribution < 1.29 is 14.3 Å². The van der Waals surface area contributed by atoms with Crippen LogP contribution in [0.2, 0.25) is 0 Å². The molecular formula is C14H24N2O3. The molecule has 108 valence electrons. The van der Waals surface area contributed by atoms with Crippen LogP contribution in [0.5, 0.6) is 0 Å². The normalized spacial score (nSPS) is 32.0. The Bertz CT molecular complexity index is 351.